The van der Waals surface area contributed by atoms with Crippen LogP contribution < -0.4 is 16.0 Å². The number of aryl methyl sites for hydroxylation is 1. The number of amides is 1. The zero-order chi connectivity index (χ0) is 20.1. The first-order chi connectivity index (χ1) is 13.0. The summed E-state index contributed by atoms with van der Waals surface area (Å²) in [7, 11) is 0. The second-order valence-electron chi connectivity index (χ2n) is 6.66. The third-order valence-electron chi connectivity index (χ3n) is 3.75. The van der Waals surface area contributed by atoms with Gasteiger partial charge < -0.3 is 20.7 Å². The van der Waals surface area contributed by atoms with Crippen molar-refractivity contribution in [2.24, 2.45) is 10.9 Å². The predicted octanol–water partition coefficient (Wildman–Crippen LogP) is 2.96. The van der Waals surface area contributed by atoms with Gasteiger partial charge in [-0.2, -0.15) is 0 Å². The van der Waals surface area contributed by atoms with Crippen molar-refractivity contribution in [3.63, 3.8) is 0 Å². The number of guanidine groups is 1. The predicted molar refractivity (Wildman–Crippen MR) is 113 cm³/mol. The number of ether oxygens (including phenoxy) is 1. The molecule has 0 bridgehead atoms. The van der Waals surface area contributed by atoms with E-state index in [4.69, 9.17) is 4.74 Å². The van der Waals surface area contributed by atoms with Crippen LogP contribution >= 0.6 is 11.3 Å². The van der Waals surface area contributed by atoms with Gasteiger partial charge in [0, 0.05) is 30.6 Å². The van der Waals surface area contributed by atoms with Gasteiger partial charge in [-0.1, -0.05) is 20.8 Å². The van der Waals surface area contributed by atoms with Gasteiger partial charge in [-0.3, -0.25) is 4.99 Å². The van der Waals surface area contributed by atoms with Crippen LogP contribution in [0.15, 0.2) is 11.2 Å². The van der Waals surface area contributed by atoms with Gasteiger partial charge in [0.05, 0.1) is 24.2 Å². The minimum absolute atomic E-state index is 0.0504. The molecule has 3 N–H and O–H groups in total. The topological polar surface area (TPSA) is 87.6 Å². The summed E-state index contributed by atoms with van der Waals surface area (Å²) in [4.78, 5) is 22.1. The van der Waals surface area contributed by atoms with E-state index in [2.05, 4.69) is 46.7 Å². The first-order valence-corrected chi connectivity index (χ1v) is 10.7. The maximum absolute atomic E-state index is 11.7. The summed E-state index contributed by atoms with van der Waals surface area (Å²) in [5.74, 6) is 1.21. The molecule has 154 valence electrons. The molecule has 1 unspecified atom stereocenters. The van der Waals surface area contributed by atoms with E-state index in [1.54, 1.807) is 18.3 Å². The maximum atomic E-state index is 11.7. The zero-order valence-electron chi connectivity index (χ0n) is 17.3. The third kappa shape index (κ3) is 10.2. The van der Waals surface area contributed by atoms with Crippen LogP contribution in [-0.4, -0.2) is 49.3 Å². The van der Waals surface area contributed by atoms with Crippen LogP contribution in [0.3, 0.4) is 0 Å². The number of carbonyl (C=O) groups excluding carboxylic acids is 1. The molecule has 0 aromatic carbocycles. The second-order valence-corrected chi connectivity index (χ2v) is 7.86. The van der Waals surface area contributed by atoms with Crippen molar-refractivity contribution in [3.8, 4) is 0 Å². The van der Waals surface area contributed by atoms with Crippen molar-refractivity contribution in [1.29, 1.82) is 0 Å². The first kappa shape index (κ1) is 23.2. The molecular formula is C19H35N5O2S. The standard InChI is InChI=1S/C19H35N5O2S/c1-6-16-13-22-17(27-16)9-10-21-18(20-7-2)23-12-15(11-14(4)5)24-19(25)26-8-3/h13-15H,6-12H2,1-5H3,(H,24,25)(H2,20,21,23). The van der Waals surface area contributed by atoms with Crippen LogP contribution in [0.5, 0.6) is 0 Å². The van der Waals surface area contributed by atoms with Crippen LogP contribution in [0.1, 0.15) is 50.9 Å². The van der Waals surface area contributed by atoms with E-state index < -0.39 is 0 Å². The van der Waals surface area contributed by atoms with Crippen LogP contribution in [0.4, 0.5) is 4.79 Å². The molecule has 1 heterocycles. The summed E-state index contributed by atoms with van der Waals surface area (Å²) in [6.07, 6.45) is 4.31. The fourth-order valence-electron chi connectivity index (χ4n) is 2.55. The van der Waals surface area contributed by atoms with Crippen molar-refractivity contribution in [2.45, 2.75) is 59.9 Å². The molecule has 0 radical (unpaired) electrons. The molecule has 1 amide bonds. The highest BCUT2D eigenvalue weighted by Crippen LogP contribution is 2.13. The van der Waals surface area contributed by atoms with Gasteiger partial charge in [0.25, 0.3) is 0 Å². The summed E-state index contributed by atoms with van der Waals surface area (Å²) < 4.78 is 5.00. The van der Waals surface area contributed by atoms with Gasteiger partial charge in [0.1, 0.15) is 0 Å². The molecule has 0 spiro atoms. The Balaban J connectivity index is 2.57. The summed E-state index contributed by atoms with van der Waals surface area (Å²) in [6.45, 7) is 12.7. The fraction of sp³-hybridized carbons (Fsp3) is 0.737. The number of aromatic nitrogens is 1. The molecule has 0 saturated carbocycles. The molecule has 0 aliphatic carbocycles. The molecule has 1 aromatic rings. The minimum Gasteiger partial charge on any atom is -0.450 e. The van der Waals surface area contributed by atoms with Crippen molar-refractivity contribution in [3.05, 3.63) is 16.1 Å². The van der Waals surface area contributed by atoms with Gasteiger partial charge in [0.2, 0.25) is 0 Å². The maximum Gasteiger partial charge on any atom is 0.407 e. The van der Waals surface area contributed by atoms with E-state index in [1.807, 2.05) is 13.1 Å². The first-order valence-electron chi connectivity index (χ1n) is 9.87. The molecule has 1 rings (SSSR count). The number of rotatable bonds is 11. The lowest BCUT2D eigenvalue weighted by molar-refractivity contribution is 0.147. The molecule has 8 heteroatoms. The van der Waals surface area contributed by atoms with Gasteiger partial charge in [-0.15, -0.1) is 11.3 Å². The number of alkyl carbamates (subject to hydrolysis) is 1. The average molecular weight is 398 g/mol. The lowest BCUT2D eigenvalue weighted by Crippen LogP contribution is -2.42. The van der Waals surface area contributed by atoms with E-state index in [0.29, 0.717) is 19.1 Å². The summed E-state index contributed by atoms with van der Waals surface area (Å²) in [5, 5.41) is 10.6. The molecule has 0 aliphatic heterocycles. The van der Waals surface area contributed by atoms with Crippen LogP contribution in [0.25, 0.3) is 0 Å². The quantitative estimate of drug-likeness (QED) is 0.395. The Kier molecular flexibility index (Phi) is 11.5. The summed E-state index contributed by atoms with van der Waals surface area (Å²) >= 11 is 1.76. The molecule has 0 aliphatic rings. The number of hydrogen-bond acceptors (Lipinski definition) is 5. The Bertz CT molecular complexity index is 574. The fourth-order valence-corrected chi connectivity index (χ4v) is 3.41. The number of nitrogens with one attached hydrogen (secondary N) is 3. The minimum atomic E-state index is -0.383. The summed E-state index contributed by atoms with van der Waals surface area (Å²) in [6, 6.07) is -0.0504. The van der Waals surface area contributed by atoms with Crippen molar-refractivity contribution in [1.82, 2.24) is 20.9 Å². The van der Waals surface area contributed by atoms with E-state index >= 15 is 0 Å². The van der Waals surface area contributed by atoms with Crippen molar-refractivity contribution < 1.29 is 9.53 Å². The lowest BCUT2D eigenvalue weighted by Gasteiger charge is -2.19. The van der Waals surface area contributed by atoms with Gasteiger partial charge in [0.15, 0.2) is 5.96 Å². The highest BCUT2D eigenvalue weighted by Gasteiger charge is 2.14. The Morgan fingerprint density at radius 1 is 1.30 bits per heavy atom. The second kappa shape index (κ2) is 13.4. The smallest absolute Gasteiger partial charge is 0.407 e. The Morgan fingerprint density at radius 3 is 2.67 bits per heavy atom. The molecule has 1 atom stereocenters. The molecule has 7 nitrogen and oxygen atoms in total. The average Bonchev–Trinajstić information content (AvgIpc) is 3.07. The number of hydrogen-bond donors (Lipinski definition) is 3. The highest BCUT2D eigenvalue weighted by molar-refractivity contribution is 7.11. The van der Waals surface area contributed by atoms with Gasteiger partial charge in [-0.25, -0.2) is 9.78 Å². The number of thiazole rings is 1. The molecular weight excluding hydrogens is 362 g/mol. The molecule has 0 fully saturated rings. The van der Waals surface area contributed by atoms with Crippen LogP contribution in [-0.2, 0) is 17.6 Å². The Labute approximate surface area is 167 Å². The Hall–Kier alpha value is -1.83. The SMILES string of the molecule is CCNC(=NCC(CC(C)C)NC(=O)OCC)NCCc1ncc(CC)s1. The zero-order valence-corrected chi connectivity index (χ0v) is 18.1. The highest BCUT2D eigenvalue weighted by atomic mass is 32.1. The number of nitrogens with zero attached hydrogens (tertiary/aromatic N) is 2. The largest absolute Gasteiger partial charge is 0.450 e. The van der Waals surface area contributed by atoms with Gasteiger partial charge >= 0.3 is 6.09 Å². The molecule has 1 aromatic heterocycles. The normalized spacial score (nSPS) is 12.7. The van der Waals surface area contributed by atoms with E-state index in [1.165, 1.54) is 4.88 Å². The van der Waals surface area contributed by atoms with Crippen molar-refractivity contribution >= 4 is 23.4 Å². The van der Waals surface area contributed by atoms with E-state index in [-0.39, 0.29) is 12.1 Å². The molecule has 27 heavy (non-hydrogen) atoms. The summed E-state index contributed by atoms with van der Waals surface area (Å²) in [5.41, 5.74) is 0. The van der Waals surface area contributed by atoms with Crippen LogP contribution in [0.2, 0.25) is 0 Å². The number of carbonyl (C=O) groups is 1. The third-order valence-corrected chi connectivity index (χ3v) is 4.95. The van der Waals surface area contributed by atoms with Crippen LogP contribution in [0, 0.1) is 5.92 Å². The lowest BCUT2D eigenvalue weighted by atomic mass is 10.0. The van der Waals surface area contributed by atoms with E-state index in [0.717, 1.165) is 43.3 Å². The number of aliphatic imine (C=N–C) groups is 1. The van der Waals surface area contributed by atoms with E-state index in [9.17, 15) is 4.79 Å². The van der Waals surface area contributed by atoms with Gasteiger partial charge in [-0.05, 0) is 32.6 Å². The van der Waals surface area contributed by atoms with Crippen molar-refractivity contribution in [2.75, 3.05) is 26.2 Å². The molecule has 0 saturated heterocycles. The Morgan fingerprint density at radius 2 is 2.07 bits per heavy atom. The monoisotopic (exact) mass is 397 g/mol.